The first-order chi connectivity index (χ1) is 14.2. The molecule has 1 amide bonds. The molecule has 29 heavy (non-hydrogen) atoms. The van der Waals surface area contributed by atoms with Crippen LogP contribution in [0.15, 0.2) is 72.4 Å². The number of amides is 1. The number of benzene rings is 2. The Morgan fingerprint density at radius 2 is 1.45 bits per heavy atom. The molecule has 0 aliphatic carbocycles. The van der Waals surface area contributed by atoms with E-state index in [1.54, 1.807) is 6.20 Å². The zero-order valence-corrected chi connectivity index (χ0v) is 17.5. The number of nitrogens with one attached hydrogen (secondary N) is 1. The summed E-state index contributed by atoms with van der Waals surface area (Å²) in [7, 11) is 0. The predicted octanol–water partition coefficient (Wildman–Crippen LogP) is 5.20. The molecule has 0 bridgehead atoms. The van der Waals surface area contributed by atoms with Gasteiger partial charge < -0.3 is 10.2 Å². The number of carbonyl (C=O) groups excluding carboxylic acids is 1. The highest BCUT2D eigenvalue weighted by Gasteiger charge is 2.19. The van der Waals surface area contributed by atoms with Crippen LogP contribution in [-0.4, -0.2) is 23.9 Å². The van der Waals surface area contributed by atoms with E-state index >= 15 is 0 Å². The molecule has 0 aromatic heterocycles. The number of nitrogens with zero attached hydrogens (tertiary/aromatic N) is 2. The van der Waals surface area contributed by atoms with Gasteiger partial charge >= 0.3 is 0 Å². The van der Waals surface area contributed by atoms with E-state index in [0.717, 1.165) is 49.9 Å². The molecule has 2 aromatic carbocycles. The summed E-state index contributed by atoms with van der Waals surface area (Å²) in [6.45, 7) is 6.00. The Bertz CT molecular complexity index is 761. The second kappa shape index (κ2) is 12.4. The van der Waals surface area contributed by atoms with Crippen LogP contribution in [0.25, 0.3) is 0 Å². The third kappa shape index (κ3) is 7.12. The minimum atomic E-state index is -0.344. The van der Waals surface area contributed by atoms with Gasteiger partial charge in [0, 0.05) is 19.3 Å². The fraction of sp³-hybridized carbons (Fsp3) is 0.360. The lowest BCUT2D eigenvalue weighted by Crippen LogP contribution is -2.31. The van der Waals surface area contributed by atoms with Gasteiger partial charge in [0.15, 0.2) is 0 Å². The Balaban J connectivity index is 2.24. The second-order valence-electron chi connectivity index (χ2n) is 7.13. The van der Waals surface area contributed by atoms with Gasteiger partial charge in [-0.3, -0.25) is 4.79 Å². The third-order valence-corrected chi connectivity index (χ3v) is 4.82. The monoisotopic (exact) mass is 389 g/mol. The fourth-order valence-electron chi connectivity index (χ4n) is 3.14. The van der Waals surface area contributed by atoms with Crippen LogP contribution in [0.2, 0.25) is 0 Å². The molecule has 4 heteroatoms. The van der Waals surface area contributed by atoms with Crippen LogP contribution >= 0.6 is 0 Å². The third-order valence-electron chi connectivity index (χ3n) is 4.82. The summed E-state index contributed by atoms with van der Waals surface area (Å²) in [5.41, 5.74) is 2.12. The highest BCUT2D eigenvalue weighted by atomic mass is 16.1. The standard InChI is InChI=1S/C25H31N3O/c1-3-5-17-28(18-6-4-2)20-23(19-26)25(29)27-24(21-13-9-7-10-14-21)22-15-11-8-12-16-22/h7-16,20,24H,3-6,17-18H2,1-2H3,(H,27,29)/b23-20-. The number of hydrogen-bond donors (Lipinski definition) is 1. The molecular formula is C25H31N3O. The van der Waals surface area contributed by atoms with Gasteiger partial charge in [-0.05, 0) is 24.0 Å². The number of carbonyl (C=O) groups is 1. The molecular weight excluding hydrogens is 358 g/mol. The Labute approximate surface area is 174 Å². The van der Waals surface area contributed by atoms with Crippen molar-refractivity contribution in [2.45, 2.75) is 45.6 Å². The van der Waals surface area contributed by atoms with Crippen LogP contribution in [0, 0.1) is 11.3 Å². The van der Waals surface area contributed by atoms with E-state index in [-0.39, 0.29) is 17.5 Å². The molecule has 4 nitrogen and oxygen atoms in total. The normalized spacial score (nSPS) is 11.2. The molecule has 0 radical (unpaired) electrons. The number of nitriles is 1. The van der Waals surface area contributed by atoms with Crippen molar-refractivity contribution in [3.63, 3.8) is 0 Å². The molecule has 152 valence electrons. The van der Waals surface area contributed by atoms with Crippen LogP contribution in [0.3, 0.4) is 0 Å². The van der Waals surface area contributed by atoms with Gasteiger partial charge in [0.2, 0.25) is 0 Å². The maximum absolute atomic E-state index is 13.0. The topological polar surface area (TPSA) is 56.1 Å². The van der Waals surface area contributed by atoms with Crippen LogP contribution in [0.4, 0.5) is 0 Å². The van der Waals surface area contributed by atoms with Gasteiger partial charge in [-0.15, -0.1) is 0 Å². The molecule has 2 rings (SSSR count). The Morgan fingerprint density at radius 3 is 1.86 bits per heavy atom. The Kier molecular flexibility index (Phi) is 9.51. The molecule has 1 N–H and O–H groups in total. The van der Waals surface area contributed by atoms with Crippen molar-refractivity contribution >= 4 is 5.91 Å². The summed E-state index contributed by atoms with van der Waals surface area (Å²) in [6, 6.07) is 21.5. The van der Waals surface area contributed by atoms with Gasteiger partial charge in [-0.25, -0.2) is 0 Å². The maximum Gasteiger partial charge on any atom is 0.264 e. The second-order valence-corrected chi connectivity index (χ2v) is 7.13. The van der Waals surface area contributed by atoms with Gasteiger partial charge in [-0.1, -0.05) is 87.4 Å². The zero-order valence-electron chi connectivity index (χ0n) is 17.5. The first kappa shape index (κ1) is 22.2. The SMILES string of the molecule is CCCCN(/C=C(/C#N)C(=O)NC(c1ccccc1)c1ccccc1)CCCC. The molecule has 0 saturated carbocycles. The average molecular weight is 390 g/mol. The lowest BCUT2D eigenvalue weighted by atomic mass is 9.98. The Morgan fingerprint density at radius 1 is 0.966 bits per heavy atom. The van der Waals surface area contributed by atoms with Crippen molar-refractivity contribution in [2.24, 2.45) is 0 Å². The van der Waals surface area contributed by atoms with Gasteiger partial charge in [-0.2, -0.15) is 5.26 Å². The van der Waals surface area contributed by atoms with Gasteiger partial charge in [0.25, 0.3) is 5.91 Å². The fourth-order valence-corrected chi connectivity index (χ4v) is 3.14. The summed E-state index contributed by atoms with van der Waals surface area (Å²) in [5, 5.41) is 12.7. The van der Waals surface area contributed by atoms with Crippen LogP contribution in [0.1, 0.15) is 56.7 Å². The first-order valence-corrected chi connectivity index (χ1v) is 10.5. The molecule has 0 saturated heterocycles. The van der Waals surface area contributed by atoms with Crippen LogP contribution < -0.4 is 5.32 Å². The highest BCUT2D eigenvalue weighted by Crippen LogP contribution is 2.22. The smallest absolute Gasteiger partial charge is 0.264 e. The van der Waals surface area contributed by atoms with Gasteiger partial charge in [0.1, 0.15) is 11.6 Å². The maximum atomic E-state index is 13.0. The molecule has 0 unspecified atom stereocenters. The Hall–Kier alpha value is -3.06. The molecule has 0 heterocycles. The highest BCUT2D eigenvalue weighted by molar-refractivity contribution is 5.97. The van der Waals surface area contributed by atoms with E-state index in [4.69, 9.17) is 0 Å². The predicted molar refractivity (Wildman–Crippen MR) is 118 cm³/mol. The minimum Gasteiger partial charge on any atom is -0.376 e. The van der Waals surface area contributed by atoms with E-state index in [2.05, 4.69) is 30.1 Å². The van der Waals surface area contributed by atoms with E-state index in [1.165, 1.54) is 0 Å². The van der Waals surface area contributed by atoms with Crippen molar-refractivity contribution in [2.75, 3.05) is 13.1 Å². The van der Waals surface area contributed by atoms with Crippen LogP contribution in [-0.2, 0) is 4.79 Å². The number of rotatable bonds is 11. The van der Waals surface area contributed by atoms with E-state index in [1.807, 2.05) is 60.7 Å². The summed E-state index contributed by atoms with van der Waals surface area (Å²) in [5.74, 6) is -0.344. The average Bonchev–Trinajstić information content (AvgIpc) is 2.78. The van der Waals surface area contributed by atoms with Crippen LogP contribution in [0.5, 0.6) is 0 Å². The summed E-state index contributed by atoms with van der Waals surface area (Å²) < 4.78 is 0. The molecule has 0 fully saturated rings. The lowest BCUT2D eigenvalue weighted by molar-refractivity contribution is -0.117. The van der Waals surface area contributed by atoms with Gasteiger partial charge in [0.05, 0.1) is 6.04 Å². The van der Waals surface area contributed by atoms with Crippen molar-refractivity contribution in [3.8, 4) is 6.07 Å². The lowest BCUT2D eigenvalue weighted by Gasteiger charge is -2.22. The number of unbranched alkanes of at least 4 members (excludes halogenated alkanes) is 2. The quantitative estimate of drug-likeness (QED) is 0.424. The minimum absolute atomic E-state index is 0.147. The van der Waals surface area contributed by atoms with Crippen molar-refractivity contribution < 1.29 is 4.79 Å². The number of hydrogen-bond acceptors (Lipinski definition) is 3. The summed E-state index contributed by atoms with van der Waals surface area (Å²) >= 11 is 0. The van der Waals surface area contributed by atoms with Crippen molar-refractivity contribution in [1.82, 2.24) is 10.2 Å². The van der Waals surface area contributed by atoms with E-state index in [0.29, 0.717) is 0 Å². The molecule has 2 aromatic rings. The van der Waals surface area contributed by atoms with E-state index < -0.39 is 0 Å². The zero-order chi connectivity index (χ0) is 20.9. The first-order valence-electron chi connectivity index (χ1n) is 10.5. The van der Waals surface area contributed by atoms with E-state index in [9.17, 15) is 10.1 Å². The largest absolute Gasteiger partial charge is 0.376 e. The van der Waals surface area contributed by atoms with Crippen molar-refractivity contribution in [1.29, 1.82) is 5.26 Å². The summed E-state index contributed by atoms with van der Waals surface area (Å²) in [4.78, 5) is 15.1. The molecule has 0 aliphatic rings. The van der Waals surface area contributed by atoms with Crippen molar-refractivity contribution in [3.05, 3.63) is 83.6 Å². The molecule has 0 aliphatic heterocycles. The summed E-state index contributed by atoms with van der Waals surface area (Å²) in [6.07, 6.45) is 5.96. The molecule has 0 atom stereocenters. The molecule has 0 spiro atoms.